The summed E-state index contributed by atoms with van der Waals surface area (Å²) in [6.07, 6.45) is 5.77. The van der Waals surface area contributed by atoms with Crippen molar-refractivity contribution in [3.05, 3.63) is 53.0 Å². The number of nitrogens with zero attached hydrogens (tertiary/aromatic N) is 3. The molecule has 3 rings (SSSR count). The number of amides is 1. The molecule has 0 spiro atoms. The molecule has 1 saturated heterocycles. The van der Waals surface area contributed by atoms with Crippen molar-refractivity contribution < 1.29 is 13.9 Å². The third-order valence-electron chi connectivity index (χ3n) is 3.52. The first kappa shape index (κ1) is 14.2. The summed E-state index contributed by atoms with van der Waals surface area (Å²) in [5.41, 5.74) is -0.0803. The molecule has 1 fully saturated rings. The van der Waals surface area contributed by atoms with E-state index in [9.17, 15) is 9.59 Å². The first-order valence-corrected chi connectivity index (χ1v) is 7.03. The lowest BCUT2D eigenvalue weighted by Gasteiger charge is -2.31. The van der Waals surface area contributed by atoms with Gasteiger partial charge in [-0.3, -0.25) is 4.79 Å². The fraction of sp³-hybridized carbons (Fsp3) is 0.333. The summed E-state index contributed by atoms with van der Waals surface area (Å²) in [5, 5.41) is 0. The van der Waals surface area contributed by atoms with Crippen LogP contribution >= 0.6 is 0 Å². The molecule has 0 bridgehead atoms. The molecule has 114 valence electrons. The Kier molecular flexibility index (Phi) is 4.13. The highest BCUT2D eigenvalue weighted by Crippen LogP contribution is 2.18. The van der Waals surface area contributed by atoms with Gasteiger partial charge < -0.3 is 14.1 Å². The Labute approximate surface area is 126 Å². The van der Waals surface area contributed by atoms with Gasteiger partial charge >= 0.3 is 5.63 Å². The monoisotopic (exact) mass is 301 g/mol. The van der Waals surface area contributed by atoms with Crippen molar-refractivity contribution >= 4 is 5.91 Å². The zero-order valence-corrected chi connectivity index (χ0v) is 11.8. The highest BCUT2D eigenvalue weighted by atomic mass is 16.5. The molecule has 0 aliphatic carbocycles. The Hall–Kier alpha value is -2.70. The van der Waals surface area contributed by atoms with E-state index < -0.39 is 5.63 Å². The fourth-order valence-corrected chi connectivity index (χ4v) is 2.36. The van der Waals surface area contributed by atoms with Crippen LogP contribution in [0, 0.1) is 0 Å². The number of rotatable bonds is 3. The third kappa shape index (κ3) is 3.30. The average Bonchev–Trinajstić information content (AvgIpc) is 2.57. The highest BCUT2D eigenvalue weighted by Gasteiger charge is 2.25. The topological polar surface area (TPSA) is 85.5 Å². The predicted octanol–water partition coefficient (Wildman–Crippen LogP) is 1.11. The highest BCUT2D eigenvalue weighted by molar-refractivity contribution is 5.93. The number of carbonyl (C=O) groups is 1. The minimum absolute atomic E-state index is 0.0349. The van der Waals surface area contributed by atoms with E-state index in [0.29, 0.717) is 24.5 Å². The van der Waals surface area contributed by atoms with Crippen molar-refractivity contribution in [2.24, 2.45) is 0 Å². The molecule has 0 N–H and O–H groups in total. The van der Waals surface area contributed by atoms with Gasteiger partial charge in [-0.25, -0.2) is 14.8 Å². The Morgan fingerprint density at radius 1 is 1.27 bits per heavy atom. The number of aromatic nitrogens is 2. The van der Waals surface area contributed by atoms with Crippen LogP contribution in [0.1, 0.15) is 23.2 Å². The van der Waals surface area contributed by atoms with Gasteiger partial charge in [0.05, 0.1) is 5.56 Å². The number of carbonyl (C=O) groups excluding carboxylic acids is 1. The summed E-state index contributed by atoms with van der Waals surface area (Å²) in [4.78, 5) is 32.8. The van der Waals surface area contributed by atoms with Gasteiger partial charge in [-0.05, 0) is 6.07 Å². The lowest BCUT2D eigenvalue weighted by molar-refractivity contribution is 0.0585. The van der Waals surface area contributed by atoms with E-state index in [2.05, 4.69) is 9.97 Å². The molecular weight excluding hydrogens is 286 g/mol. The van der Waals surface area contributed by atoms with Crippen LogP contribution in [-0.2, 0) is 0 Å². The van der Waals surface area contributed by atoms with Gasteiger partial charge in [0.2, 0.25) is 5.88 Å². The molecule has 0 unspecified atom stereocenters. The second-order valence-electron chi connectivity index (χ2n) is 5.00. The van der Waals surface area contributed by atoms with E-state index in [1.54, 1.807) is 17.2 Å². The summed E-state index contributed by atoms with van der Waals surface area (Å²) in [5.74, 6) is 0.411. The quantitative estimate of drug-likeness (QED) is 0.844. The van der Waals surface area contributed by atoms with Crippen molar-refractivity contribution in [2.75, 3.05) is 13.1 Å². The van der Waals surface area contributed by atoms with Crippen LogP contribution in [0.15, 0.2) is 46.2 Å². The average molecular weight is 301 g/mol. The standard InChI is InChI=1S/C15H15N3O4/c19-14-2-1-11(9-21-14)15(20)18-7-4-12(5-8-18)22-13-3-6-16-10-17-13/h1-3,6,9-10,12H,4-5,7-8H2. The van der Waals surface area contributed by atoms with Gasteiger partial charge in [0.25, 0.3) is 5.91 Å². The number of piperidine rings is 1. The van der Waals surface area contributed by atoms with Crippen LogP contribution in [-0.4, -0.2) is 40.0 Å². The van der Waals surface area contributed by atoms with Crippen LogP contribution in [0.25, 0.3) is 0 Å². The molecule has 2 aromatic heterocycles. The van der Waals surface area contributed by atoms with E-state index in [1.807, 2.05) is 0 Å². The maximum absolute atomic E-state index is 12.3. The molecule has 0 saturated carbocycles. The van der Waals surface area contributed by atoms with Crippen molar-refractivity contribution in [3.63, 3.8) is 0 Å². The van der Waals surface area contributed by atoms with Crippen LogP contribution in [0.4, 0.5) is 0 Å². The normalized spacial score (nSPS) is 15.5. The Morgan fingerprint density at radius 3 is 2.73 bits per heavy atom. The van der Waals surface area contributed by atoms with E-state index in [1.165, 1.54) is 24.7 Å². The van der Waals surface area contributed by atoms with Crippen molar-refractivity contribution in [2.45, 2.75) is 18.9 Å². The minimum Gasteiger partial charge on any atom is -0.474 e. The molecule has 0 aromatic carbocycles. The van der Waals surface area contributed by atoms with E-state index in [-0.39, 0.29) is 12.0 Å². The second kappa shape index (κ2) is 6.38. The summed E-state index contributed by atoms with van der Waals surface area (Å²) >= 11 is 0. The zero-order valence-electron chi connectivity index (χ0n) is 11.8. The number of hydrogen-bond donors (Lipinski definition) is 0. The predicted molar refractivity (Wildman–Crippen MR) is 76.6 cm³/mol. The molecule has 2 aromatic rings. The van der Waals surface area contributed by atoms with Gasteiger partial charge in [0.15, 0.2) is 0 Å². The maximum atomic E-state index is 12.3. The Balaban J connectivity index is 1.56. The van der Waals surface area contributed by atoms with Gasteiger partial charge in [-0.15, -0.1) is 0 Å². The molecule has 1 amide bonds. The summed E-state index contributed by atoms with van der Waals surface area (Å²) in [6.45, 7) is 1.18. The van der Waals surface area contributed by atoms with E-state index in [0.717, 1.165) is 12.8 Å². The molecule has 0 atom stereocenters. The Bertz CT molecular complexity index is 673. The molecule has 1 aliphatic heterocycles. The third-order valence-corrected chi connectivity index (χ3v) is 3.52. The summed E-state index contributed by atoms with van der Waals surface area (Å²) in [6, 6.07) is 4.44. The minimum atomic E-state index is -0.464. The van der Waals surface area contributed by atoms with Crippen LogP contribution in [0.5, 0.6) is 5.88 Å². The first-order chi connectivity index (χ1) is 10.7. The van der Waals surface area contributed by atoms with Crippen LogP contribution in [0.3, 0.4) is 0 Å². The molecule has 1 aliphatic rings. The van der Waals surface area contributed by atoms with E-state index in [4.69, 9.17) is 9.15 Å². The lowest BCUT2D eigenvalue weighted by atomic mass is 10.1. The molecular formula is C15H15N3O4. The lowest BCUT2D eigenvalue weighted by Crippen LogP contribution is -2.41. The van der Waals surface area contributed by atoms with Gasteiger partial charge in [0, 0.05) is 44.3 Å². The number of ether oxygens (including phenoxy) is 1. The molecule has 7 heteroatoms. The second-order valence-corrected chi connectivity index (χ2v) is 5.00. The SMILES string of the molecule is O=C(c1ccc(=O)oc1)N1CCC(Oc2ccncn2)CC1. The molecule has 7 nitrogen and oxygen atoms in total. The smallest absolute Gasteiger partial charge is 0.335 e. The molecule has 0 radical (unpaired) electrons. The van der Waals surface area contributed by atoms with Gasteiger partial charge in [0.1, 0.15) is 18.7 Å². The van der Waals surface area contributed by atoms with Gasteiger partial charge in [-0.2, -0.15) is 0 Å². The zero-order chi connectivity index (χ0) is 15.4. The van der Waals surface area contributed by atoms with Gasteiger partial charge in [-0.1, -0.05) is 0 Å². The largest absolute Gasteiger partial charge is 0.474 e. The summed E-state index contributed by atoms with van der Waals surface area (Å²) < 4.78 is 10.5. The van der Waals surface area contributed by atoms with Crippen LogP contribution < -0.4 is 10.4 Å². The maximum Gasteiger partial charge on any atom is 0.335 e. The van der Waals surface area contributed by atoms with Crippen molar-refractivity contribution in [1.82, 2.24) is 14.9 Å². The Morgan fingerprint density at radius 2 is 2.09 bits per heavy atom. The summed E-state index contributed by atoms with van der Waals surface area (Å²) in [7, 11) is 0. The first-order valence-electron chi connectivity index (χ1n) is 7.03. The fourth-order valence-electron chi connectivity index (χ4n) is 2.36. The van der Waals surface area contributed by atoms with Crippen LogP contribution in [0.2, 0.25) is 0 Å². The molecule has 22 heavy (non-hydrogen) atoms. The molecule has 3 heterocycles. The number of likely N-dealkylation sites (tertiary alicyclic amines) is 1. The van der Waals surface area contributed by atoms with E-state index >= 15 is 0 Å². The van der Waals surface area contributed by atoms with Crippen molar-refractivity contribution in [3.8, 4) is 5.88 Å². The van der Waals surface area contributed by atoms with Crippen molar-refractivity contribution in [1.29, 1.82) is 0 Å². The number of hydrogen-bond acceptors (Lipinski definition) is 6.